The number of hydrogen-bond donors (Lipinski definition) is 1. The van der Waals surface area contributed by atoms with Gasteiger partial charge in [0, 0.05) is 6.61 Å². The van der Waals surface area contributed by atoms with Crippen LogP contribution in [0.2, 0.25) is 0 Å². The smallest absolute Gasteiger partial charge is 0.0686 e. The van der Waals surface area contributed by atoms with Gasteiger partial charge < -0.3 is 9.84 Å². The second kappa shape index (κ2) is 4.47. The van der Waals surface area contributed by atoms with Crippen molar-refractivity contribution in [2.75, 3.05) is 6.61 Å². The summed E-state index contributed by atoms with van der Waals surface area (Å²) in [5, 5.41) is 11.3. The highest BCUT2D eigenvalue weighted by atomic mass is 16.5. The lowest BCUT2D eigenvalue weighted by Gasteiger charge is -2.60. The maximum Gasteiger partial charge on any atom is 0.0686 e. The van der Waals surface area contributed by atoms with Gasteiger partial charge in [-0.15, -0.1) is 0 Å². The highest BCUT2D eigenvalue weighted by Gasteiger charge is 2.56. The molecular weight excluding hydrogens is 260 g/mol. The molecule has 5 saturated carbocycles. The fraction of sp³-hybridized carbons (Fsp3) is 1.00. The maximum absolute atomic E-state index is 11.3. The van der Waals surface area contributed by atoms with E-state index >= 15 is 0 Å². The van der Waals surface area contributed by atoms with Crippen LogP contribution in [0, 0.1) is 29.1 Å². The van der Waals surface area contributed by atoms with Crippen LogP contribution >= 0.6 is 0 Å². The molecule has 0 aromatic rings. The van der Waals surface area contributed by atoms with Crippen molar-refractivity contribution in [2.24, 2.45) is 29.1 Å². The van der Waals surface area contributed by atoms with Crippen molar-refractivity contribution in [2.45, 2.75) is 82.3 Å². The first-order valence-corrected chi connectivity index (χ1v) is 9.49. The summed E-state index contributed by atoms with van der Waals surface area (Å²) in [5.74, 6) is 3.37. The number of rotatable bonds is 2. The quantitative estimate of drug-likeness (QED) is 0.835. The summed E-state index contributed by atoms with van der Waals surface area (Å²) in [5.41, 5.74) is 0.494. The van der Waals surface area contributed by atoms with Gasteiger partial charge in [0.1, 0.15) is 0 Å². The maximum atomic E-state index is 11.3. The number of aliphatic hydroxyl groups excluding tert-OH is 1. The number of aliphatic hydroxyl groups is 1. The molecule has 0 amide bonds. The van der Waals surface area contributed by atoms with Gasteiger partial charge in [0.2, 0.25) is 0 Å². The normalized spacial score (nSPS) is 51.9. The molecule has 6 aliphatic rings. The van der Waals surface area contributed by atoms with E-state index in [1.165, 1.54) is 57.8 Å². The highest BCUT2D eigenvalue weighted by molar-refractivity contribution is 5.07. The third-order valence-electron chi connectivity index (χ3n) is 7.96. The Balaban J connectivity index is 1.37. The third-order valence-corrected chi connectivity index (χ3v) is 7.96. The van der Waals surface area contributed by atoms with E-state index in [0.29, 0.717) is 11.3 Å². The Kier molecular flexibility index (Phi) is 2.85. The molecule has 1 N–H and O–H groups in total. The van der Waals surface area contributed by atoms with Crippen LogP contribution in [0.1, 0.15) is 70.6 Å². The lowest BCUT2D eigenvalue weighted by atomic mass is 9.46. The number of hydrogen-bond acceptors (Lipinski definition) is 2. The van der Waals surface area contributed by atoms with Crippen molar-refractivity contribution in [3.63, 3.8) is 0 Å². The van der Waals surface area contributed by atoms with Crippen LogP contribution in [0.4, 0.5) is 0 Å². The van der Waals surface area contributed by atoms with Gasteiger partial charge in [-0.1, -0.05) is 0 Å². The molecule has 4 bridgehead atoms. The zero-order valence-electron chi connectivity index (χ0n) is 13.2. The molecule has 21 heavy (non-hydrogen) atoms. The van der Waals surface area contributed by atoms with Gasteiger partial charge in [0.15, 0.2) is 0 Å². The molecular formula is C19H30O2. The van der Waals surface area contributed by atoms with Gasteiger partial charge in [-0.3, -0.25) is 0 Å². The van der Waals surface area contributed by atoms with Gasteiger partial charge in [-0.25, -0.2) is 0 Å². The molecule has 6 fully saturated rings. The fourth-order valence-electron chi connectivity index (χ4n) is 7.29. The van der Waals surface area contributed by atoms with Crippen LogP contribution in [-0.4, -0.2) is 23.4 Å². The Labute approximate surface area is 128 Å². The second-order valence-electron chi connectivity index (χ2n) is 9.36. The van der Waals surface area contributed by atoms with Crippen LogP contribution in [0.5, 0.6) is 0 Å². The topological polar surface area (TPSA) is 29.5 Å². The number of ether oxygens (including phenoxy) is 1. The first-order chi connectivity index (χ1) is 10.2. The van der Waals surface area contributed by atoms with Gasteiger partial charge >= 0.3 is 0 Å². The minimum atomic E-state index is -0.0349. The summed E-state index contributed by atoms with van der Waals surface area (Å²) in [6.07, 6.45) is 14.5. The summed E-state index contributed by atoms with van der Waals surface area (Å²) < 4.78 is 6.09. The predicted octanol–water partition coefficient (Wildman–Crippen LogP) is 3.91. The van der Waals surface area contributed by atoms with E-state index in [9.17, 15) is 5.11 Å². The van der Waals surface area contributed by atoms with E-state index in [4.69, 9.17) is 4.74 Å². The van der Waals surface area contributed by atoms with Gasteiger partial charge in [0.05, 0.1) is 11.7 Å². The average molecular weight is 290 g/mol. The van der Waals surface area contributed by atoms with E-state index in [-0.39, 0.29) is 11.7 Å². The van der Waals surface area contributed by atoms with Crippen LogP contribution in [-0.2, 0) is 4.74 Å². The molecule has 5 aliphatic carbocycles. The molecule has 1 heterocycles. The predicted molar refractivity (Wildman–Crippen MR) is 81.9 cm³/mol. The van der Waals surface area contributed by atoms with E-state index in [0.717, 1.165) is 37.2 Å². The summed E-state index contributed by atoms with van der Waals surface area (Å²) in [6.45, 7) is 0.897. The first kappa shape index (κ1) is 13.4. The third kappa shape index (κ3) is 1.97. The highest BCUT2D eigenvalue weighted by Crippen LogP contribution is 2.63. The molecule has 2 nitrogen and oxygen atoms in total. The molecule has 0 aromatic heterocycles. The molecule has 2 heteroatoms. The minimum absolute atomic E-state index is 0.0349. The molecule has 1 aliphatic heterocycles. The Morgan fingerprint density at radius 2 is 1.52 bits per heavy atom. The Hall–Kier alpha value is -0.0800. The van der Waals surface area contributed by atoms with E-state index < -0.39 is 0 Å². The molecule has 2 atom stereocenters. The molecule has 2 unspecified atom stereocenters. The van der Waals surface area contributed by atoms with Crippen molar-refractivity contribution in [1.82, 2.24) is 0 Å². The van der Waals surface area contributed by atoms with E-state index in [2.05, 4.69) is 0 Å². The summed E-state index contributed by atoms with van der Waals surface area (Å²) >= 11 is 0. The van der Waals surface area contributed by atoms with Crippen molar-refractivity contribution < 1.29 is 9.84 Å². The van der Waals surface area contributed by atoms with Crippen molar-refractivity contribution in [3.05, 3.63) is 0 Å². The summed E-state index contributed by atoms with van der Waals surface area (Å²) in [7, 11) is 0. The minimum Gasteiger partial charge on any atom is -0.392 e. The van der Waals surface area contributed by atoms with Crippen LogP contribution in [0.3, 0.4) is 0 Å². The Bertz CT molecular complexity index is 390. The summed E-state index contributed by atoms with van der Waals surface area (Å²) in [4.78, 5) is 0. The standard InChI is InChI=1S/C19H30O2/c20-17(16-2-5-21-19(12-16)3-1-4-19)18-9-13-6-14(10-18)8-15(7-13)11-18/h13-17,20H,1-12H2. The van der Waals surface area contributed by atoms with Gasteiger partial charge in [-0.2, -0.15) is 0 Å². The molecule has 1 saturated heterocycles. The lowest BCUT2D eigenvalue weighted by Crippen LogP contribution is -2.56. The van der Waals surface area contributed by atoms with Crippen LogP contribution < -0.4 is 0 Å². The fourth-order valence-corrected chi connectivity index (χ4v) is 7.29. The molecule has 118 valence electrons. The zero-order valence-corrected chi connectivity index (χ0v) is 13.2. The molecule has 1 spiro atoms. The SMILES string of the molecule is OC(C1CCOC2(CCC2)C1)C12CC3CC(CC(C3)C1)C2. The molecule has 0 radical (unpaired) electrons. The van der Waals surface area contributed by atoms with Crippen molar-refractivity contribution >= 4 is 0 Å². The second-order valence-corrected chi connectivity index (χ2v) is 9.36. The Morgan fingerprint density at radius 1 is 0.905 bits per heavy atom. The van der Waals surface area contributed by atoms with Gasteiger partial charge in [-0.05, 0) is 99.7 Å². The van der Waals surface area contributed by atoms with Gasteiger partial charge in [0.25, 0.3) is 0 Å². The van der Waals surface area contributed by atoms with E-state index in [1.54, 1.807) is 0 Å². The van der Waals surface area contributed by atoms with Crippen molar-refractivity contribution in [3.8, 4) is 0 Å². The Morgan fingerprint density at radius 3 is 2.05 bits per heavy atom. The first-order valence-electron chi connectivity index (χ1n) is 9.49. The molecule has 0 aromatic carbocycles. The molecule has 6 rings (SSSR count). The zero-order chi connectivity index (χ0) is 14.1. The average Bonchev–Trinajstić information content (AvgIpc) is 2.43. The lowest BCUT2D eigenvalue weighted by molar-refractivity contribution is -0.190. The van der Waals surface area contributed by atoms with Crippen LogP contribution in [0.25, 0.3) is 0 Å². The largest absolute Gasteiger partial charge is 0.392 e. The summed E-state index contributed by atoms with van der Waals surface area (Å²) in [6, 6.07) is 0. The van der Waals surface area contributed by atoms with E-state index in [1.807, 2.05) is 0 Å². The monoisotopic (exact) mass is 290 g/mol. The van der Waals surface area contributed by atoms with Crippen molar-refractivity contribution in [1.29, 1.82) is 0 Å². The van der Waals surface area contributed by atoms with Crippen LogP contribution in [0.15, 0.2) is 0 Å².